The molecule has 0 radical (unpaired) electrons. The third-order valence-electron chi connectivity index (χ3n) is 3.79. The number of hydrogen-bond donors (Lipinski definition) is 1. The molecule has 0 fully saturated rings. The molecule has 0 saturated carbocycles. The van der Waals surface area contributed by atoms with Crippen LogP contribution in [0.3, 0.4) is 0 Å². The second-order valence-corrected chi connectivity index (χ2v) is 4.74. The number of benzene rings is 4. The quantitative estimate of drug-likeness (QED) is 0.473. The van der Waals surface area contributed by atoms with Gasteiger partial charge in [0.1, 0.15) is 0 Å². The summed E-state index contributed by atoms with van der Waals surface area (Å²) in [5, 5.41) is 17.0. The van der Waals surface area contributed by atoms with Gasteiger partial charge in [-0.3, -0.25) is 0 Å². The Hall–Kier alpha value is -2.12. The van der Waals surface area contributed by atoms with E-state index in [0.717, 1.165) is 5.56 Å². The van der Waals surface area contributed by atoms with E-state index in [1.54, 1.807) is 0 Å². The SMILES string of the molecule is CC.OCc1ccc2ccc3cccc4ccc1c2c34. The Morgan fingerprint density at radius 1 is 0.700 bits per heavy atom. The van der Waals surface area contributed by atoms with Gasteiger partial charge in [-0.05, 0) is 37.9 Å². The summed E-state index contributed by atoms with van der Waals surface area (Å²) in [6, 6.07) is 19.1. The highest BCUT2D eigenvalue weighted by Gasteiger charge is 2.09. The van der Waals surface area contributed by atoms with Gasteiger partial charge < -0.3 is 5.11 Å². The van der Waals surface area contributed by atoms with Gasteiger partial charge in [-0.2, -0.15) is 0 Å². The fraction of sp³-hybridized carbons (Fsp3) is 0.158. The zero-order valence-electron chi connectivity index (χ0n) is 11.9. The Balaban J connectivity index is 0.000000581. The van der Waals surface area contributed by atoms with Gasteiger partial charge in [0.15, 0.2) is 0 Å². The highest BCUT2D eigenvalue weighted by atomic mass is 16.3. The molecule has 0 amide bonds. The Kier molecular flexibility index (Phi) is 3.29. The van der Waals surface area contributed by atoms with E-state index in [4.69, 9.17) is 0 Å². The average molecular weight is 262 g/mol. The van der Waals surface area contributed by atoms with Crippen molar-refractivity contribution in [1.82, 2.24) is 0 Å². The van der Waals surface area contributed by atoms with Crippen LogP contribution in [0, 0.1) is 0 Å². The molecule has 0 aliphatic carbocycles. The maximum Gasteiger partial charge on any atom is 0.0687 e. The van der Waals surface area contributed by atoms with Crippen molar-refractivity contribution in [3.63, 3.8) is 0 Å². The van der Waals surface area contributed by atoms with E-state index in [-0.39, 0.29) is 6.61 Å². The smallest absolute Gasteiger partial charge is 0.0687 e. The Labute approximate surface area is 118 Å². The van der Waals surface area contributed by atoms with Crippen LogP contribution in [0.2, 0.25) is 0 Å². The molecule has 0 unspecified atom stereocenters. The van der Waals surface area contributed by atoms with Crippen LogP contribution >= 0.6 is 0 Å². The fourth-order valence-electron chi connectivity index (χ4n) is 2.93. The highest BCUT2D eigenvalue weighted by Crippen LogP contribution is 2.35. The van der Waals surface area contributed by atoms with Crippen LogP contribution in [0.25, 0.3) is 32.3 Å². The van der Waals surface area contributed by atoms with Gasteiger partial charge in [-0.15, -0.1) is 0 Å². The van der Waals surface area contributed by atoms with Gasteiger partial charge in [-0.1, -0.05) is 68.4 Å². The largest absolute Gasteiger partial charge is 0.392 e. The Morgan fingerprint density at radius 2 is 1.25 bits per heavy atom. The lowest BCUT2D eigenvalue weighted by atomic mass is 9.92. The van der Waals surface area contributed by atoms with Crippen molar-refractivity contribution in [1.29, 1.82) is 0 Å². The third kappa shape index (κ3) is 1.75. The molecular formula is C19H18O. The van der Waals surface area contributed by atoms with Gasteiger partial charge in [0.05, 0.1) is 6.61 Å². The molecule has 4 aromatic rings. The standard InChI is InChI=1S/C17H12O.C2H6/c18-10-14-7-6-13-5-4-11-2-1-3-12-8-9-15(14)17(13)16(11)12;1-2/h1-9,18H,10H2;1-2H3. The normalized spacial score (nSPS) is 10.9. The first kappa shape index (κ1) is 12.9. The molecule has 100 valence electrons. The van der Waals surface area contributed by atoms with Gasteiger partial charge in [0.2, 0.25) is 0 Å². The zero-order valence-corrected chi connectivity index (χ0v) is 11.9. The molecule has 0 spiro atoms. The summed E-state index contributed by atoms with van der Waals surface area (Å²) in [5.74, 6) is 0. The second-order valence-electron chi connectivity index (χ2n) is 4.74. The fourth-order valence-corrected chi connectivity index (χ4v) is 2.93. The Bertz CT molecular complexity index is 846. The lowest BCUT2D eigenvalue weighted by Crippen LogP contribution is -1.89. The summed E-state index contributed by atoms with van der Waals surface area (Å²) >= 11 is 0. The molecular weight excluding hydrogens is 244 g/mol. The summed E-state index contributed by atoms with van der Waals surface area (Å²) < 4.78 is 0. The van der Waals surface area contributed by atoms with Crippen molar-refractivity contribution in [3.8, 4) is 0 Å². The van der Waals surface area contributed by atoms with Crippen LogP contribution in [0.4, 0.5) is 0 Å². The molecule has 1 nitrogen and oxygen atoms in total. The first-order valence-corrected chi connectivity index (χ1v) is 7.15. The predicted molar refractivity (Wildman–Crippen MR) is 87.4 cm³/mol. The van der Waals surface area contributed by atoms with Crippen LogP contribution in [0.15, 0.2) is 54.6 Å². The third-order valence-corrected chi connectivity index (χ3v) is 3.79. The minimum Gasteiger partial charge on any atom is -0.392 e. The van der Waals surface area contributed by atoms with Crippen LogP contribution in [-0.4, -0.2) is 5.11 Å². The molecule has 1 heteroatoms. The van der Waals surface area contributed by atoms with E-state index in [2.05, 4.69) is 48.5 Å². The minimum absolute atomic E-state index is 0.0914. The van der Waals surface area contributed by atoms with E-state index in [1.165, 1.54) is 32.3 Å². The second kappa shape index (κ2) is 5.10. The lowest BCUT2D eigenvalue weighted by molar-refractivity contribution is 0.283. The molecule has 20 heavy (non-hydrogen) atoms. The van der Waals surface area contributed by atoms with Gasteiger partial charge in [0, 0.05) is 0 Å². The molecule has 0 atom stereocenters. The van der Waals surface area contributed by atoms with E-state index in [1.807, 2.05) is 19.9 Å². The molecule has 0 aromatic heterocycles. The van der Waals surface area contributed by atoms with Crippen molar-refractivity contribution in [3.05, 3.63) is 60.2 Å². The van der Waals surface area contributed by atoms with Gasteiger partial charge in [0.25, 0.3) is 0 Å². The van der Waals surface area contributed by atoms with Crippen molar-refractivity contribution in [2.45, 2.75) is 20.5 Å². The molecule has 4 aromatic carbocycles. The maximum absolute atomic E-state index is 9.47. The molecule has 4 rings (SSSR count). The highest BCUT2D eigenvalue weighted by molar-refractivity contribution is 6.23. The average Bonchev–Trinajstić information content (AvgIpc) is 2.54. The molecule has 0 bridgehead atoms. The molecule has 0 aliphatic rings. The minimum atomic E-state index is 0.0914. The molecule has 0 aliphatic heterocycles. The van der Waals surface area contributed by atoms with Crippen molar-refractivity contribution < 1.29 is 5.11 Å². The zero-order chi connectivity index (χ0) is 14.1. The van der Waals surface area contributed by atoms with Crippen LogP contribution < -0.4 is 0 Å². The lowest BCUT2D eigenvalue weighted by Gasteiger charge is -2.12. The van der Waals surface area contributed by atoms with Gasteiger partial charge >= 0.3 is 0 Å². The maximum atomic E-state index is 9.47. The first-order chi connectivity index (χ1) is 9.88. The Morgan fingerprint density at radius 3 is 1.90 bits per heavy atom. The molecule has 0 heterocycles. The summed E-state index contributed by atoms with van der Waals surface area (Å²) in [6.45, 7) is 4.09. The summed E-state index contributed by atoms with van der Waals surface area (Å²) in [4.78, 5) is 0. The van der Waals surface area contributed by atoms with Crippen LogP contribution in [0.1, 0.15) is 19.4 Å². The van der Waals surface area contributed by atoms with Crippen molar-refractivity contribution >= 4 is 32.3 Å². The topological polar surface area (TPSA) is 20.2 Å². The monoisotopic (exact) mass is 262 g/mol. The number of aliphatic hydroxyl groups is 1. The number of rotatable bonds is 1. The summed E-state index contributed by atoms with van der Waals surface area (Å²) in [6.07, 6.45) is 0. The number of aliphatic hydroxyl groups excluding tert-OH is 1. The van der Waals surface area contributed by atoms with Crippen LogP contribution in [0.5, 0.6) is 0 Å². The first-order valence-electron chi connectivity index (χ1n) is 7.15. The van der Waals surface area contributed by atoms with Gasteiger partial charge in [-0.25, -0.2) is 0 Å². The van der Waals surface area contributed by atoms with Crippen LogP contribution in [-0.2, 0) is 6.61 Å². The number of hydrogen-bond acceptors (Lipinski definition) is 1. The van der Waals surface area contributed by atoms with E-state index >= 15 is 0 Å². The van der Waals surface area contributed by atoms with E-state index < -0.39 is 0 Å². The molecule has 0 saturated heterocycles. The summed E-state index contributed by atoms with van der Waals surface area (Å²) in [7, 11) is 0. The van der Waals surface area contributed by atoms with Crippen molar-refractivity contribution in [2.24, 2.45) is 0 Å². The van der Waals surface area contributed by atoms with Crippen molar-refractivity contribution in [2.75, 3.05) is 0 Å². The molecule has 1 N–H and O–H groups in total. The van der Waals surface area contributed by atoms with E-state index in [0.29, 0.717) is 0 Å². The predicted octanol–water partition coefficient (Wildman–Crippen LogP) is 5.10. The summed E-state index contributed by atoms with van der Waals surface area (Å²) in [5.41, 5.74) is 1.00. The van der Waals surface area contributed by atoms with E-state index in [9.17, 15) is 5.11 Å².